The van der Waals surface area contributed by atoms with Crippen LogP contribution in [0.1, 0.15) is 26.5 Å². The first-order valence-electron chi connectivity index (χ1n) is 8.40. The van der Waals surface area contributed by atoms with Crippen LogP contribution in [0.3, 0.4) is 0 Å². The van der Waals surface area contributed by atoms with E-state index in [-0.39, 0.29) is 11.8 Å². The minimum atomic E-state index is -0.205. The molecule has 26 heavy (non-hydrogen) atoms. The van der Waals surface area contributed by atoms with Crippen LogP contribution in [0.4, 0.5) is 5.69 Å². The number of carbonyl (C=O) groups is 2. The van der Waals surface area contributed by atoms with Crippen LogP contribution in [0.2, 0.25) is 0 Å². The number of thiophene rings is 1. The molecule has 6 nitrogen and oxygen atoms in total. The van der Waals surface area contributed by atoms with Crippen LogP contribution in [0.15, 0.2) is 41.8 Å². The van der Waals surface area contributed by atoms with Gasteiger partial charge in [-0.3, -0.25) is 9.59 Å². The van der Waals surface area contributed by atoms with Crippen molar-refractivity contribution >= 4 is 28.8 Å². The number of amides is 2. The lowest BCUT2D eigenvalue weighted by Gasteiger charge is -2.19. The van der Waals surface area contributed by atoms with Gasteiger partial charge in [-0.25, -0.2) is 0 Å². The zero-order valence-corrected chi connectivity index (χ0v) is 15.9. The van der Waals surface area contributed by atoms with Crippen LogP contribution >= 0.6 is 11.3 Å². The maximum Gasteiger partial charge on any atom is 0.268 e. The fraction of sp³-hybridized carbons (Fsp3) is 0.368. The van der Waals surface area contributed by atoms with Gasteiger partial charge >= 0.3 is 0 Å². The van der Waals surface area contributed by atoms with Crippen LogP contribution in [-0.4, -0.2) is 52.3 Å². The Morgan fingerprint density at radius 2 is 1.92 bits per heavy atom. The topological polar surface area (TPSA) is 67.9 Å². The van der Waals surface area contributed by atoms with E-state index in [4.69, 9.17) is 9.47 Å². The van der Waals surface area contributed by atoms with Crippen molar-refractivity contribution in [1.82, 2.24) is 5.32 Å². The molecular weight excluding hydrogens is 352 g/mol. The normalized spacial score (nSPS) is 10.5. The third-order valence-corrected chi connectivity index (χ3v) is 4.59. The number of carbonyl (C=O) groups excluding carboxylic acids is 2. The first-order chi connectivity index (χ1) is 12.6. The van der Waals surface area contributed by atoms with Crippen molar-refractivity contribution in [3.8, 4) is 0 Å². The molecule has 2 amide bonds. The Hall–Kier alpha value is -2.22. The first kappa shape index (κ1) is 20.1. The number of benzene rings is 1. The van der Waals surface area contributed by atoms with E-state index in [1.54, 1.807) is 38.4 Å². The van der Waals surface area contributed by atoms with E-state index in [9.17, 15) is 9.59 Å². The van der Waals surface area contributed by atoms with Crippen molar-refractivity contribution < 1.29 is 19.1 Å². The van der Waals surface area contributed by atoms with Crippen molar-refractivity contribution in [2.24, 2.45) is 0 Å². The van der Waals surface area contributed by atoms with E-state index < -0.39 is 0 Å². The van der Waals surface area contributed by atoms with Crippen LogP contribution < -0.4 is 10.2 Å². The van der Waals surface area contributed by atoms with Crippen molar-refractivity contribution in [3.63, 3.8) is 0 Å². The maximum absolute atomic E-state index is 12.5. The molecule has 0 radical (unpaired) electrons. The van der Waals surface area contributed by atoms with Crippen molar-refractivity contribution in [2.45, 2.75) is 6.42 Å². The van der Waals surface area contributed by atoms with Gasteiger partial charge in [0.25, 0.3) is 11.8 Å². The Balaban J connectivity index is 1.93. The summed E-state index contributed by atoms with van der Waals surface area (Å²) in [5.74, 6) is -0.338. The number of para-hydroxylation sites is 1. The zero-order chi connectivity index (χ0) is 18.8. The summed E-state index contributed by atoms with van der Waals surface area (Å²) in [7, 11) is 3.30. The second-order valence-electron chi connectivity index (χ2n) is 5.57. The van der Waals surface area contributed by atoms with Crippen LogP contribution in [0, 0.1) is 0 Å². The molecule has 1 N–H and O–H groups in total. The molecule has 140 valence electrons. The molecule has 0 bridgehead atoms. The summed E-state index contributed by atoms with van der Waals surface area (Å²) in [5, 5.41) is 4.73. The highest BCUT2D eigenvalue weighted by molar-refractivity contribution is 7.12. The highest BCUT2D eigenvalue weighted by atomic mass is 32.1. The molecule has 2 rings (SSSR count). The van der Waals surface area contributed by atoms with Crippen LogP contribution in [0.5, 0.6) is 0 Å². The predicted molar refractivity (Wildman–Crippen MR) is 103 cm³/mol. The largest absolute Gasteiger partial charge is 0.382 e. The Bertz CT molecular complexity index is 703. The molecule has 0 aliphatic heterocycles. The van der Waals surface area contributed by atoms with Gasteiger partial charge in [0.15, 0.2) is 0 Å². The lowest BCUT2D eigenvalue weighted by Crippen LogP contribution is -2.31. The molecule has 0 spiro atoms. The van der Waals surface area contributed by atoms with E-state index in [1.807, 2.05) is 17.5 Å². The third-order valence-electron chi connectivity index (χ3n) is 3.73. The van der Waals surface area contributed by atoms with Crippen LogP contribution in [0.25, 0.3) is 0 Å². The summed E-state index contributed by atoms with van der Waals surface area (Å²) < 4.78 is 10.3. The van der Waals surface area contributed by atoms with Gasteiger partial charge in [0, 0.05) is 27.3 Å². The smallest absolute Gasteiger partial charge is 0.268 e. The Labute approximate surface area is 157 Å². The van der Waals surface area contributed by atoms with Crippen LogP contribution in [-0.2, 0) is 9.47 Å². The maximum atomic E-state index is 12.5. The second kappa shape index (κ2) is 10.7. The lowest BCUT2D eigenvalue weighted by molar-refractivity contribution is 0.0688. The van der Waals surface area contributed by atoms with E-state index in [1.165, 1.54) is 16.2 Å². The Kier molecular flexibility index (Phi) is 8.27. The van der Waals surface area contributed by atoms with Gasteiger partial charge in [0.2, 0.25) is 0 Å². The lowest BCUT2D eigenvalue weighted by atomic mass is 10.1. The van der Waals surface area contributed by atoms with Gasteiger partial charge in [-0.2, -0.15) is 0 Å². The summed E-state index contributed by atoms with van der Waals surface area (Å²) >= 11 is 1.38. The molecule has 1 heterocycles. The average Bonchev–Trinajstić information content (AvgIpc) is 3.20. The molecule has 0 saturated carbocycles. The summed E-state index contributed by atoms with van der Waals surface area (Å²) in [6, 6.07) is 10.7. The summed E-state index contributed by atoms with van der Waals surface area (Å²) in [6.45, 7) is 2.16. The molecule has 1 aromatic heterocycles. The van der Waals surface area contributed by atoms with E-state index >= 15 is 0 Å². The van der Waals surface area contributed by atoms with E-state index in [2.05, 4.69) is 5.32 Å². The number of anilines is 1. The second-order valence-corrected chi connectivity index (χ2v) is 6.52. The number of methoxy groups -OCH3 is 1. The molecule has 0 aliphatic carbocycles. The molecule has 7 heteroatoms. The number of nitrogens with zero attached hydrogens (tertiary/aromatic N) is 1. The number of ether oxygens (including phenoxy) is 2. The molecule has 0 atom stereocenters. The van der Waals surface area contributed by atoms with E-state index in [0.717, 1.165) is 0 Å². The molecular formula is C19H24N2O4S. The van der Waals surface area contributed by atoms with Gasteiger partial charge in [-0.05, 0) is 30.0 Å². The molecule has 0 aliphatic rings. The Morgan fingerprint density at radius 1 is 1.12 bits per heavy atom. The van der Waals surface area contributed by atoms with Gasteiger partial charge < -0.3 is 19.7 Å². The fourth-order valence-electron chi connectivity index (χ4n) is 2.35. The standard InChI is InChI=1S/C19H24N2O4S/c1-21(19(23)17-9-5-14-26-17)16-8-4-3-7-15(16)18(22)20-10-6-11-25-13-12-24-2/h3-5,7-9,14H,6,10-13H2,1-2H3,(H,20,22). The monoisotopic (exact) mass is 376 g/mol. The molecule has 0 saturated heterocycles. The molecule has 0 unspecified atom stereocenters. The number of hydrogen-bond acceptors (Lipinski definition) is 5. The van der Waals surface area contributed by atoms with Gasteiger partial charge in [-0.15, -0.1) is 11.3 Å². The number of rotatable bonds is 10. The predicted octanol–water partition coefficient (Wildman–Crippen LogP) is 2.81. The van der Waals surface area contributed by atoms with Gasteiger partial charge in [0.05, 0.1) is 29.3 Å². The molecule has 2 aromatic rings. The van der Waals surface area contributed by atoms with Gasteiger partial charge in [0.1, 0.15) is 0 Å². The highest BCUT2D eigenvalue weighted by Crippen LogP contribution is 2.22. The quantitative estimate of drug-likeness (QED) is 0.648. The SMILES string of the molecule is COCCOCCCNC(=O)c1ccccc1N(C)C(=O)c1cccs1. The number of nitrogens with one attached hydrogen (secondary N) is 1. The molecule has 1 aromatic carbocycles. The highest BCUT2D eigenvalue weighted by Gasteiger charge is 2.19. The average molecular weight is 376 g/mol. The summed E-state index contributed by atoms with van der Waals surface area (Å²) in [6.07, 6.45) is 0.710. The zero-order valence-electron chi connectivity index (χ0n) is 15.1. The first-order valence-corrected chi connectivity index (χ1v) is 9.28. The minimum absolute atomic E-state index is 0.133. The Morgan fingerprint density at radius 3 is 2.65 bits per heavy atom. The third kappa shape index (κ3) is 5.66. The van der Waals surface area contributed by atoms with Crippen molar-refractivity contribution in [1.29, 1.82) is 0 Å². The van der Waals surface area contributed by atoms with Crippen molar-refractivity contribution in [3.05, 3.63) is 52.2 Å². The van der Waals surface area contributed by atoms with E-state index in [0.29, 0.717) is 48.9 Å². The fourth-order valence-corrected chi connectivity index (χ4v) is 3.05. The number of hydrogen-bond donors (Lipinski definition) is 1. The minimum Gasteiger partial charge on any atom is -0.382 e. The van der Waals surface area contributed by atoms with Crippen molar-refractivity contribution in [2.75, 3.05) is 45.4 Å². The summed E-state index contributed by atoms with van der Waals surface area (Å²) in [5.41, 5.74) is 1.06. The summed E-state index contributed by atoms with van der Waals surface area (Å²) in [4.78, 5) is 27.2. The van der Waals surface area contributed by atoms with Gasteiger partial charge in [-0.1, -0.05) is 18.2 Å². The molecule has 0 fully saturated rings.